The fourth-order valence-electron chi connectivity index (χ4n) is 1.80. The van der Waals surface area contributed by atoms with Gasteiger partial charge in [-0.05, 0) is 18.6 Å². The molecule has 4 nitrogen and oxygen atoms in total. The third kappa shape index (κ3) is 1.75. The number of carbonyl (C=O) groups excluding carboxylic acids is 1. The van der Waals surface area contributed by atoms with Crippen LogP contribution in [0.25, 0.3) is 0 Å². The zero-order valence-electron chi connectivity index (χ0n) is 9.74. The van der Waals surface area contributed by atoms with E-state index in [2.05, 4.69) is 23.6 Å². The second-order valence-electron chi connectivity index (χ2n) is 4.52. The van der Waals surface area contributed by atoms with Crippen LogP contribution in [0.3, 0.4) is 0 Å². The van der Waals surface area contributed by atoms with Crippen molar-refractivity contribution in [2.45, 2.75) is 25.7 Å². The number of nitrogens with zero attached hydrogens (tertiary/aromatic N) is 1. The highest BCUT2D eigenvalue weighted by Gasteiger charge is 2.31. The summed E-state index contributed by atoms with van der Waals surface area (Å²) in [5.41, 5.74) is 1.11. The monoisotopic (exact) mass is 221 g/mol. The van der Waals surface area contributed by atoms with E-state index in [1.54, 1.807) is 12.1 Å². The van der Waals surface area contributed by atoms with Crippen molar-refractivity contribution in [1.82, 2.24) is 4.98 Å². The molecule has 0 N–H and O–H groups in total. The highest BCUT2D eigenvalue weighted by molar-refractivity contribution is 5.87. The van der Waals surface area contributed by atoms with Crippen molar-refractivity contribution in [1.29, 1.82) is 0 Å². The highest BCUT2D eigenvalue weighted by atomic mass is 16.5. The van der Waals surface area contributed by atoms with Gasteiger partial charge in [-0.1, -0.05) is 13.8 Å². The van der Waals surface area contributed by atoms with Gasteiger partial charge in [0.25, 0.3) is 0 Å². The molecule has 0 fully saturated rings. The molecular weight excluding hydrogens is 206 g/mol. The van der Waals surface area contributed by atoms with Gasteiger partial charge in [0.2, 0.25) is 0 Å². The van der Waals surface area contributed by atoms with Crippen LogP contribution in [0.5, 0.6) is 5.75 Å². The van der Waals surface area contributed by atoms with Gasteiger partial charge in [-0.15, -0.1) is 0 Å². The molecule has 16 heavy (non-hydrogen) atoms. The summed E-state index contributed by atoms with van der Waals surface area (Å²) in [5, 5.41) is 0. The molecule has 0 saturated heterocycles. The minimum Gasteiger partial charge on any atom is -0.492 e. The van der Waals surface area contributed by atoms with Crippen molar-refractivity contribution >= 4 is 5.97 Å². The van der Waals surface area contributed by atoms with E-state index in [1.807, 2.05) is 0 Å². The Balaban J connectivity index is 2.47. The Hall–Kier alpha value is -1.58. The minimum atomic E-state index is -0.413. The molecule has 0 atom stereocenters. The molecule has 1 aliphatic rings. The third-order valence-corrected chi connectivity index (χ3v) is 2.88. The average Bonchev–Trinajstić information content (AvgIpc) is 2.27. The molecule has 1 aliphatic heterocycles. The summed E-state index contributed by atoms with van der Waals surface area (Å²) in [5.74, 6) is 0.355. The maximum atomic E-state index is 11.4. The molecule has 0 spiro atoms. The first-order valence-electron chi connectivity index (χ1n) is 5.27. The fraction of sp³-hybridized carbons (Fsp3) is 0.500. The van der Waals surface area contributed by atoms with E-state index in [9.17, 15) is 4.79 Å². The molecule has 0 aliphatic carbocycles. The van der Waals surface area contributed by atoms with E-state index >= 15 is 0 Å². The number of fused-ring (bicyclic) bond motifs is 1. The second-order valence-corrected chi connectivity index (χ2v) is 4.52. The van der Waals surface area contributed by atoms with Crippen molar-refractivity contribution in [3.05, 3.63) is 23.5 Å². The van der Waals surface area contributed by atoms with Crippen LogP contribution in [0, 0.1) is 0 Å². The summed E-state index contributed by atoms with van der Waals surface area (Å²) < 4.78 is 10.2. The molecule has 2 rings (SSSR count). The van der Waals surface area contributed by atoms with Gasteiger partial charge in [0.1, 0.15) is 11.4 Å². The predicted molar refractivity (Wildman–Crippen MR) is 58.7 cm³/mol. The van der Waals surface area contributed by atoms with Gasteiger partial charge in [0.15, 0.2) is 0 Å². The summed E-state index contributed by atoms with van der Waals surface area (Å²) in [6, 6.07) is 3.42. The molecule has 0 radical (unpaired) electrons. The number of rotatable bonds is 1. The number of ether oxygens (including phenoxy) is 2. The van der Waals surface area contributed by atoms with Crippen LogP contribution in [-0.4, -0.2) is 24.7 Å². The van der Waals surface area contributed by atoms with Crippen LogP contribution in [0.1, 0.15) is 36.5 Å². The van der Waals surface area contributed by atoms with Gasteiger partial charge in [0, 0.05) is 5.41 Å². The smallest absolute Gasteiger partial charge is 0.356 e. The SMILES string of the molecule is COC(=O)c1ccc2c(n1)C(C)(C)CCO2. The average molecular weight is 221 g/mol. The van der Waals surface area contributed by atoms with Gasteiger partial charge >= 0.3 is 5.97 Å². The summed E-state index contributed by atoms with van der Waals surface area (Å²) in [6.07, 6.45) is 0.900. The fourth-order valence-corrected chi connectivity index (χ4v) is 1.80. The molecular formula is C12H15NO3. The Morgan fingerprint density at radius 3 is 2.94 bits per heavy atom. The Bertz CT molecular complexity index is 426. The van der Waals surface area contributed by atoms with Crippen molar-refractivity contribution in [2.75, 3.05) is 13.7 Å². The van der Waals surface area contributed by atoms with Gasteiger partial charge in [-0.3, -0.25) is 0 Å². The Morgan fingerprint density at radius 2 is 2.25 bits per heavy atom. The van der Waals surface area contributed by atoms with Crippen LogP contribution < -0.4 is 4.74 Å². The number of pyridine rings is 1. The number of esters is 1. The molecule has 1 aromatic rings. The number of aromatic nitrogens is 1. The molecule has 0 unspecified atom stereocenters. The first-order chi connectivity index (χ1) is 7.54. The van der Waals surface area contributed by atoms with E-state index in [4.69, 9.17) is 4.74 Å². The van der Waals surface area contributed by atoms with Crippen molar-refractivity contribution in [3.8, 4) is 5.75 Å². The number of methoxy groups -OCH3 is 1. The number of hydrogen-bond donors (Lipinski definition) is 0. The van der Waals surface area contributed by atoms with Crippen LogP contribution in [-0.2, 0) is 10.2 Å². The van der Waals surface area contributed by atoms with E-state index in [-0.39, 0.29) is 5.41 Å². The molecule has 0 saturated carbocycles. The van der Waals surface area contributed by atoms with Crippen LogP contribution in [0.15, 0.2) is 12.1 Å². The Morgan fingerprint density at radius 1 is 1.50 bits per heavy atom. The lowest BCUT2D eigenvalue weighted by molar-refractivity contribution is 0.0593. The third-order valence-electron chi connectivity index (χ3n) is 2.88. The predicted octanol–water partition coefficient (Wildman–Crippen LogP) is 1.93. The summed E-state index contributed by atoms with van der Waals surface area (Å²) >= 11 is 0. The standard InChI is InChI=1S/C12H15NO3/c1-12(2)6-7-16-9-5-4-8(11(14)15-3)13-10(9)12/h4-5H,6-7H2,1-3H3. The Labute approximate surface area is 94.6 Å². The summed E-state index contributed by atoms with van der Waals surface area (Å²) in [6.45, 7) is 4.89. The van der Waals surface area contributed by atoms with Gasteiger partial charge < -0.3 is 9.47 Å². The second kappa shape index (κ2) is 3.77. The maximum Gasteiger partial charge on any atom is 0.356 e. The molecule has 1 aromatic heterocycles. The normalized spacial score (nSPS) is 17.2. The lowest BCUT2D eigenvalue weighted by atomic mass is 9.83. The minimum absolute atomic E-state index is 0.0579. The topological polar surface area (TPSA) is 48.4 Å². The van der Waals surface area contributed by atoms with Crippen molar-refractivity contribution in [2.24, 2.45) is 0 Å². The van der Waals surface area contributed by atoms with Gasteiger partial charge in [-0.25, -0.2) is 9.78 Å². The van der Waals surface area contributed by atoms with Crippen LogP contribution in [0.2, 0.25) is 0 Å². The number of hydrogen-bond acceptors (Lipinski definition) is 4. The van der Waals surface area contributed by atoms with E-state index in [0.29, 0.717) is 12.3 Å². The highest BCUT2D eigenvalue weighted by Crippen LogP contribution is 2.36. The molecule has 4 heteroatoms. The number of carbonyl (C=O) groups is 1. The van der Waals surface area contributed by atoms with E-state index in [0.717, 1.165) is 17.9 Å². The lowest BCUT2D eigenvalue weighted by Crippen LogP contribution is -2.28. The molecule has 2 heterocycles. The molecule has 0 aromatic carbocycles. The summed E-state index contributed by atoms with van der Waals surface area (Å²) in [7, 11) is 1.35. The maximum absolute atomic E-state index is 11.4. The summed E-state index contributed by atoms with van der Waals surface area (Å²) in [4.78, 5) is 15.7. The van der Waals surface area contributed by atoms with Crippen molar-refractivity contribution in [3.63, 3.8) is 0 Å². The first-order valence-corrected chi connectivity index (χ1v) is 5.27. The van der Waals surface area contributed by atoms with E-state index in [1.165, 1.54) is 7.11 Å². The molecule has 0 amide bonds. The molecule has 0 bridgehead atoms. The van der Waals surface area contributed by atoms with Crippen LogP contribution in [0.4, 0.5) is 0 Å². The largest absolute Gasteiger partial charge is 0.492 e. The van der Waals surface area contributed by atoms with Gasteiger partial charge in [-0.2, -0.15) is 0 Å². The van der Waals surface area contributed by atoms with Gasteiger partial charge in [0.05, 0.1) is 19.4 Å². The quantitative estimate of drug-likeness (QED) is 0.680. The first kappa shape index (κ1) is 10.9. The molecule has 86 valence electrons. The van der Waals surface area contributed by atoms with Crippen LogP contribution >= 0.6 is 0 Å². The zero-order chi connectivity index (χ0) is 11.8. The Kier molecular flexibility index (Phi) is 2.58. The zero-order valence-corrected chi connectivity index (χ0v) is 9.74. The lowest BCUT2D eigenvalue weighted by Gasteiger charge is -2.31. The van der Waals surface area contributed by atoms with E-state index < -0.39 is 5.97 Å². The van der Waals surface area contributed by atoms with Crippen molar-refractivity contribution < 1.29 is 14.3 Å².